The molecule has 0 aromatic heterocycles. The monoisotopic (exact) mass is 198 g/mol. The third kappa shape index (κ3) is 3.24. The summed E-state index contributed by atoms with van der Waals surface area (Å²) in [5.74, 6) is 0.463. The van der Waals surface area contributed by atoms with E-state index in [0.29, 0.717) is 19.0 Å². The molecule has 0 aromatic carbocycles. The summed E-state index contributed by atoms with van der Waals surface area (Å²) in [6, 6.07) is 0. The second kappa shape index (κ2) is 5.94. The lowest BCUT2D eigenvalue weighted by atomic mass is 9.84. The average Bonchev–Trinajstić information content (AvgIpc) is 2.19. The molecule has 1 aliphatic carbocycles. The van der Waals surface area contributed by atoms with Gasteiger partial charge in [-0.1, -0.05) is 6.08 Å². The van der Waals surface area contributed by atoms with Crippen molar-refractivity contribution >= 4 is 5.78 Å². The average molecular weight is 198 g/mol. The van der Waals surface area contributed by atoms with Crippen molar-refractivity contribution in [3.05, 3.63) is 12.7 Å². The summed E-state index contributed by atoms with van der Waals surface area (Å²) in [5.41, 5.74) is 0. The third-order valence-corrected chi connectivity index (χ3v) is 2.59. The summed E-state index contributed by atoms with van der Waals surface area (Å²) in [5, 5.41) is 0. The molecular weight excluding hydrogens is 180 g/mol. The molecule has 3 heteroatoms. The lowest BCUT2D eigenvalue weighted by Gasteiger charge is -2.27. The van der Waals surface area contributed by atoms with E-state index in [-0.39, 0.29) is 12.0 Å². The molecule has 0 saturated heterocycles. The summed E-state index contributed by atoms with van der Waals surface area (Å²) in [6.45, 7) is 3.98. The minimum atomic E-state index is 0.114. The molecule has 2 atom stereocenters. The van der Waals surface area contributed by atoms with E-state index in [4.69, 9.17) is 9.47 Å². The zero-order valence-corrected chi connectivity index (χ0v) is 8.70. The lowest BCUT2D eigenvalue weighted by Crippen LogP contribution is -2.30. The van der Waals surface area contributed by atoms with E-state index in [1.807, 2.05) is 0 Å². The van der Waals surface area contributed by atoms with Crippen LogP contribution in [-0.4, -0.2) is 25.8 Å². The smallest absolute Gasteiger partial charge is 0.146 e. The van der Waals surface area contributed by atoms with Gasteiger partial charge in [-0.15, -0.1) is 6.58 Å². The van der Waals surface area contributed by atoms with Crippen LogP contribution in [0, 0.1) is 5.92 Å². The Bertz CT molecular complexity index is 201. The highest BCUT2D eigenvalue weighted by molar-refractivity contribution is 5.81. The van der Waals surface area contributed by atoms with Gasteiger partial charge in [0, 0.05) is 19.4 Å². The number of ether oxygens (including phenoxy) is 2. The fourth-order valence-electron chi connectivity index (χ4n) is 1.82. The Balaban J connectivity index is 2.36. The summed E-state index contributed by atoms with van der Waals surface area (Å²) in [4.78, 5) is 11.5. The van der Waals surface area contributed by atoms with Gasteiger partial charge >= 0.3 is 0 Å². The predicted molar refractivity (Wildman–Crippen MR) is 53.9 cm³/mol. The van der Waals surface area contributed by atoms with Crippen molar-refractivity contribution in [3.8, 4) is 0 Å². The van der Waals surface area contributed by atoms with Crippen molar-refractivity contribution in [1.82, 2.24) is 0 Å². The van der Waals surface area contributed by atoms with E-state index in [0.717, 1.165) is 19.3 Å². The summed E-state index contributed by atoms with van der Waals surface area (Å²) < 4.78 is 10.3. The first kappa shape index (κ1) is 11.4. The van der Waals surface area contributed by atoms with Crippen molar-refractivity contribution in [1.29, 1.82) is 0 Å². The molecule has 0 heterocycles. The highest BCUT2D eigenvalue weighted by atomic mass is 16.7. The molecule has 1 fully saturated rings. The van der Waals surface area contributed by atoms with Crippen molar-refractivity contribution < 1.29 is 14.3 Å². The Kier molecular flexibility index (Phi) is 4.84. The maximum atomic E-state index is 11.5. The van der Waals surface area contributed by atoms with Gasteiger partial charge in [0.1, 0.15) is 12.6 Å². The van der Waals surface area contributed by atoms with Crippen LogP contribution in [0.15, 0.2) is 12.7 Å². The quantitative estimate of drug-likeness (QED) is 0.500. The van der Waals surface area contributed by atoms with Gasteiger partial charge in [-0.3, -0.25) is 4.79 Å². The van der Waals surface area contributed by atoms with E-state index in [9.17, 15) is 4.79 Å². The maximum Gasteiger partial charge on any atom is 0.146 e. The van der Waals surface area contributed by atoms with Crippen LogP contribution in [0.5, 0.6) is 0 Å². The minimum Gasteiger partial charge on any atom is -0.359 e. The molecule has 0 unspecified atom stereocenters. The molecule has 1 rings (SSSR count). The molecule has 14 heavy (non-hydrogen) atoms. The molecule has 80 valence electrons. The molecule has 1 aliphatic rings. The minimum absolute atomic E-state index is 0.114. The summed E-state index contributed by atoms with van der Waals surface area (Å²) in [7, 11) is 1.61. The fraction of sp³-hybridized carbons (Fsp3) is 0.727. The number of Topliss-reactive ketones (excluding diaryl/α,β-unsaturated/α-hetero) is 1. The maximum absolute atomic E-state index is 11.5. The summed E-state index contributed by atoms with van der Waals surface area (Å²) >= 11 is 0. The summed E-state index contributed by atoms with van der Waals surface area (Å²) in [6.07, 6.45) is 5.03. The number of hydrogen-bond acceptors (Lipinski definition) is 3. The van der Waals surface area contributed by atoms with Gasteiger partial charge in [0.05, 0.1) is 6.10 Å². The second-order valence-electron chi connectivity index (χ2n) is 3.66. The van der Waals surface area contributed by atoms with Gasteiger partial charge in [0.15, 0.2) is 0 Å². The van der Waals surface area contributed by atoms with Gasteiger partial charge in [-0.2, -0.15) is 0 Å². The number of carbonyl (C=O) groups excluding carboxylic acids is 1. The van der Waals surface area contributed by atoms with Crippen LogP contribution in [0.4, 0.5) is 0 Å². The van der Waals surface area contributed by atoms with Gasteiger partial charge in [-0.05, 0) is 19.3 Å². The first-order valence-corrected chi connectivity index (χ1v) is 5.02. The second-order valence-corrected chi connectivity index (χ2v) is 3.66. The molecule has 0 bridgehead atoms. The highest BCUT2D eigenvalue weighted by Gasteiger charge is 2.27. The van der Waals surface area contributed by atoms with Crippen LogP contribution in [0.25, 0.3) is 0 Å². The predicted octanol–water partition coefficient (Wildman–Crippen LogP) is 1.92. The van der Waals surface area contributed by atoms with Crippen LogP contribution in [0.1, 0.15) is 25.7 Å². The fourth-order valence-corrected chi connectivity index (χ4v) is 1.82. The van der Waals surface area contributed by atoms with E-state index in [2.05, 4.69) is 6.58 Å². The lowest BCUT2D eigenvalue weighted by molar-refractivity contribution is -0.133. The van der Waals surface area contributed by atoms with Crippen molar-refractivity contribution in [2.45, 2.75) is 31.8 Å². The van der Waals surface area contributed by atoms with Crippen LogP contribution in [-0.2, 0) is 14.3 Å². The number of hydrogen-bond donors (Lipinski definition) is 0. The van der Waals surface area contributed by atoms with Crippen molar-refractivity contribution in [3.63, 3.8) is 0 Å². The van der Waals surface area contributed by atoms with Gasteiger partial charge in [0.25, 0.3) is 0 Å². The number of carbonyl (C=O) groups is 1. The van der Waals surface area contributed by atoms with E-state index >= 15 is 0 Å². The van der Waals surface area contributed by atoms with E-state index in [1.54, 1.807) is 13.2 Å². The number of ketones is 1. The Hall–Kier alpha value is -0.670. The molecule has 0 radical (unpaired) electrons. The van der Waals surface area contributed by atoms with Gasteiger partial charge in [0.2, 0.25) is 0 Å². The molecular formula is C11H18O3. The van der Waals surface area contributed by atoms with E-state index < -0.39 is 0 Å². The molecule has 3 nitrogen and oxygen atoms in total. The van der Waals surface area contributed by atoms with Crippen LogP contribution < -0.4 is 0 Å². The highest BCUT2D eigenvalue weighted by Crippen LogP contribution is 2.26. The SMILES string of the molecule is C=CC[C@@H]1C[C@H](OCOC)CCC1=O. The van der Waals surface area contributed by atoms with Crippen molar-refractivity contribution in [2.75, 3.05) is 13.9 Å². The molecule has 0 spiro atoms. The van der Waals surface area contributed by atoms with Gasteiger partial charge in [-0.25, -0.2) is 0 Å². The van der Waals surface area contributed by atoms with Crippen LogP contribution in [0.2, 0.25) is 0 Å². The normalized spacial score (nSPS) is 27.6. The first-order valence-electron chi connectivity index (χ1n) is 5.02. The molecule has 0 N–H and O–H groups in total. The number of methoxy groups -OCH3 is 1. The third-order valence-electron chi connectivity index (χ3n) is 2.59. The molecule has 0 amide bonds. The first-order chi connectivity index (χ1) is 6.77. The largest absolute Gasteiger partial charge is 0.359 e. The molecule has 1 saturated carbocycles. The Morgan fingerprint density at radius 1 is 1.64 bits per heavy atom. The standard InChI is InChI=1S/C11H18O3/c1-3-4-9-7-10(14-8-13-2)5-6-11(9)12/h3,9-10H,1,4-8H2,2H3/t9-,10-/m1/s1. The van der Waals surface area contributed by atoms with Crippen molar-refractivity contribution in [2.24, 2.45) is 5.92 Å². The Morgan fingerprint density at radius 2 is 2.43 bits per heavy atom. The van der Waals surface area contributed by atoms with Crippen LogP contribution >= 0.6 is 0 Å². The number of rotatable bonds is 5. The Morgan fingerprint density at radius 3 is 3.07 bits per heavy atom. The van der Waals surface area contributed by atoms with Gasteiger partial charge < -0.3 is 9.47 Å². The zero-order valence-electron chi connectivity index (χ0n) is 8.70. The zero-order chi connectivity index (χ0) is 10.4. The molecule has 0 aromatic rings. The van der Waals surface area contributed by atoms with Crippen LogP contribution in [0.3, 0.4) is 0 Å². The topological polar surface area (TPSA) is 35.5 Å². The number of allylic oxidation sites excluding steroid dienone is 1. The Labute approximate surface area is 85.1 Å². The van der Waals surface area contributed by atoms with E-state index in [1.165, 1.54) is 0 Å². The molecule has 0 aliphatic heterocycles.